The van der Waals surface area contributed by atoms with Crippen molar-refractivity contribution in [2.45, 2.75) is 52.4 Å². The van der Waals surface area contributed by atoms with E-state index in [0.717, 1.165) is 12.0 Å². The van der Waals surface area contributed by atoms with E-state index in [4.69, 9.17) is 0 Å². The van der Waals surface area contributed by atoms with Gasteiger partial charge < -0.3 is 10.2 Å². The van der Waals surface area contributed by atoms with Crippen LogP contribution in [0, 0.1) is 10.8 Å². The summed E-state index contributed by atoms with van der Waals surface area (Å²) in [7, 11) is 2.06. The molecule has 2 heteroatoms. The SMILES string of the molecule is CNCC(C)(C)CN1CCC2(CCCC2)CC1. The van der Waals surface area contributed by atoms with Gasteiger partial charge in [0, 0.05) is 13.1 Å². The van der Waals surface area contributed by atoms with Crippen molar-refractivity contribution < 1.29 is 0 Å². The van der Waals surface area contributed by atoms with Gasteiger partial charge in [-0.1, -0.05) is 26.7 Å². The average Bonchev–Trinajstić information content (AvgIpc) is 2.70. The van der Waals surface area contributed by atoms with Gasteiger partial charge in [0.05, 0.1) is 0 Å². The Bertz CT molecular complexity index is 231. The molecule has 1 saturated carbocycles. The molecule has 100 valence electrons. The van der Waals surface area contributed by atoms with Crippen molar-refractivity contribution in [2.75, 3.05) is 33.2 Å². The molecule has 17 heavy (non-hydrogen) atoms. The molecule has 0 amide bonds. The number of rotatable bonds is 4. The second-order valence-electron chi connectivity index (χ2n) is 7.18. The lowest BCUT2D eigenvalue weighted by atomic mass is 9.76. The van der Waals surface area contributed by atoms with Crippen molar-refractivity contribution in [1.29, 1.82) is 0 Å². The van der Waals surface area contributed by atoms with Gasteiger partial charge in [0.15, 0.2) is 0 Å². The van der Waals surface area contributed by atoms with E-state index in [9.17, 15) is 0 Å². The van der Waals surface area contributed by atoms with E-state index >= 15 is 0 Å². The van der Waals surface area contributed by atoms with Crippen LogP contribution in [0.5, 0.6) is 0 Å². The molecule has 0 radical (unpaired) electrons. The number of hydrogen-bond acceptors (Lipinski definition) is 2. The Morgan fingerprint density at radius 1 is 1.06 bits per heavy atom. The Labute approximate surface area is 107 Å². The molecule has 2 nitrogen and oxygen atoms in total. The predicted octanol–water partition coefficient (Wildman–Crippen LogP) is 2.89. The molecule has 1 aliphatic carbocycles. The van der Waals surface area contributed by atoms with E-state index in [1.807, 2.05) is 0 Å². The lowest BCUT2D eigenvalue weighted by molar-refractivity contribution is 0.0786. The molecule has 2 fully saturated rings. The van der Waals surface area contributed by atoms with Crippen LogP contribution in [0.1, 0.15) is 52.4 Å². The summed E-state index contributed by atoms with van der Waals surface area (Å²) >= 11 is 0. The standard InChI is InChI=1S/C15H30N2/c1-14(2,12-16-3)13-17-10-8-15(9-11-17)6-4-5-7-15/h16H,4-13H2,1-3H3. The molecule has 0 aromatic carbocycles. The first-order chi connectivity index (χ1) is 8.05. The molecule has 1 saturated heterocycles. The van der Waals surface area contributed by atoms with Crippen molar-refractivity contribution >= 4 is 0 Å². The first-order valence-electron chi connectivity index (χ1n) is 7.42. The van der Waals surface area contributed by atoms with Crippen LogP contribution in [0.25, 0.3) is 0 Å². The Morgan fingerprint density at radius 2 is 1.65 bits per heavy atom. The Hall–Kier alpha value is -0.0800. The Morgan fingerprint density at radius 3 is 2.18 bits per heavy atom. The summed E-state index contributed by atoms with van der Waals surface area (Å²) < 4.78 is 0. The molecule has 0 atom stereocenters. The minimum atomic E-state index is 0.412. The molecular weight excluding hydrogens is 208 g/mol. The van der Waals surface area contributed by atoms with Crippen LogP contribution in [0.15, 0.2) is 0 Å². The highest BCUT2D eigenvalue weighted by Crippen LogP contribution is 2.46. The lowest BCUT2D eigenvalue weighted by Crippen LogP contribution is -2.45. The molecule has 1 spiro atoms. The largest absolute Gasteiger partial charge is 0.319 e. The summed E-state index contributed by atoms with van der Waals surface area (Å²) in [6, 6.07) is 0. The highest BCUT2D eigenvalue weighted by atomic mass is 15.1. The van der Waals surface area contributed by atoms with Crippen LogP contribution < -0.4 is 5.32 Å². The van der Waals surface area contributed by atoms with E-state index in [-0.39, 0.29) is 0 Å². The van der Waals surface area contributed by atoms with E-state index < -0.39 is 0 Å². The van der Waals surface area contributed by atoms with E-state index in [2.05, 4.69) is 31.1 Å². The molecule has 0 bridgehead atoms. The van der Waals surface area contributed by atoms with Crippen molar-refractivity contribution in [3.8, 4) is 0 Å². The van der Waals surface area contributed by atoms with Crippen molar-refractivity contribution in [2.24, 2.45) is 10.8 Å². The fraction of sp³-hybridized carbons (Fsp3) is 1.00. The maximum absolute atomic E-state index is 3.32. The van der Waals surface area contributed by atoms with Crippen molar-refractivity contribution in [3.63, 3.8) is 0 Å². The quantitative estimate of drug-likeness (QED) is 0.810. The summed E-state index contributed by atoms with van der Waals surface area (Å²) in [5, 5.41) is 3.32. The fourth-order valence-corrected chi connectivity index (χ4v) is 3.95. The van der Waals surface area contributed by atoms with Gasteiger partial charge in [-0.25, -0.2) is 0 Å². The van der Waals surface area contributed by atoms with Crippen LogP contribution in [-0.4, -0.2) is 38.1 Å². The van der Waals surface area contributed by atoms with Crippen LogP contribution in [0.4, 0.5) is 0 Å². The first kappa shape index (κ1) is 13.4. The number of piperidine rings is 1. The summed E-state index contributed by atoms with van der Waals surface area (Å²) in [6.07, 6.45) is 8.93. The highest BCUT2D eigenvalue weighted by molar-refractivity contribution is 4.90. The second-order valence-corrected chi connectivity index (χ2v) is 7.18. The topological polar surface area (TPSA) is 15.3 Å². The molecule has 0 aromatic rings. The fourth-order valence-electron chi connectivity index (χ4n) is 3.95. The zero-order chi connectivity index (χ0) is 12.4. The monoisotopic (exact) mass is 238 g/mol. The van der Waals surface area contributed by atoms with Crippen LogP contribution in [0.2, 0.25) is 0 Å². The Kier molecular flexibility index (Phi) is 4.14. The van der Waals surface area contributed by atoms with Gasteiger partial charge in [-0.3, -0.25) is 0 Å². The molecule has 1 aliphatic heterocycles. The molecule has 2 aliphatic rings. The van der Waals surface area contributed by atoms with Gasteiger partial charge in [0.25, 0.3) is 0 Å². The number of nitrogens with one attached hydrogen (secondary N) is 1. The summed E-state index contributed by atoms with van der Waals surface area (Å²) in [5.41, 5.74) is 1.18. The second kappa shape index (κ2) is 5.27. The molecule has 2 rings (SSSR count). The van der Waals surface area contributed by atoms with Crippen LogP contribution in [0.3, 0.4) is 0 Å². The first-order valence-corrected chi connectivity index (χ1v) is 7.42. The smallest absolute Gasteiger partial charge is 0.00448 e. The third kappa shape index (κ3) is 3.45. The van der Waals surface area contributed by atoms with Crippen LogP contribution >= 0.6 is 0 Å². The predicted molar refractivity (Wildman–Crippen MR) is 74.3 cm³/mol. The van der Waals surface area contributed by atoms with Gasteiger partial charge >= 0.3 is 0 Å². The summed E-state index contributed by atoms with van der Waals surface area (Å²) in [5.74, 6) is 0. The summed E-state index contributed by atoms with van der Waals surface area (Å²) in [4.78, 5) is 2.70. The van der Waals surface area contributed by atoms with Gasteiger partial charge in [0.1, 0.15) is 0 Å². The zero-order valence-electron chi connectivity index (χ0n) is 12.0. The maximum atomic E-state index is 3.32. The lowest BCUT2D eigenvalue weighted by Gasteiger charge is -2.42. The zero-order valence-corrected chi connectivity index (χ0v) is 12.0. The minimum absolute atomic E-state index is 0.412. The van der Waals surface area contributed by atoms with Crippen molar-refractivity contribution in [1.82, 2.24) is 10.2 Å². The minimum Gasteiger partial charge on any atom is -0.319 e. The van der Waals surface area contributed by atoms with Crippen molar-refractivity contribution in [3.05, 3.63) is 0 Å². The van der Waals surface area contributed by atoms with Crippen LogP contribution in [-0.2, 0) is 0 Å². The third-order valence-electron chi connectivity index (χ3n) is 4.89. The van der Waals surface area contributed by atoms with Gasteiger partial charge in [-0.15, -0.1) is 0 Å². The van der Waals surface area contributed by atoms with E-state index in [1.54, 1.807) is 0 Å². The normalized spacial score (nSPS) is 25.6. The third-order valence-corrected chi connectivity index (χ3v) is 4.89. The molecule has 1 heterocycles. The number of nitrogens with zero attached hydrogens (tertiary/aromatic N) is 1. The molecule has 0 aromatic heterocycles. The summed E-state index contributed by atoms with van der Waals surface area (Å²) in [6.45, 7) is 9.81. The maximum Gasteiger partial charge on any atom is 0.00448 e. The average molecular weight is 238 g/mol. The van der Waals surface area contributed by atoms with Gasteiger partial charge in [-0.05, 0) is 56.7 Å². The number of likely N-dealkylation sites (tertiary alicyclic amines) is 1. The number of hydrogen-bond donors (Lipinski definition) is 1. The van der Waals surface area contributed by atoms with Gasteiger partial charge in [0.2, 0.25) is 0 Å². The molecule has 1 N–H and O–H groups in total. The van der Waals surface area contributed by atoms with E-state index in [0.29, 0.717) is 5.41 Å². The Balaban J connectivity index is 1.79. The molecule has 0 unspecified atom stereocenters. The van der Waals surface area contributed by atoms with Gasteiger partial charge in [-0.2, -0.15) is 0 Å². The highest BCUT2D eigenvalue weighted by Gasteiger charge is 2.37. The molecular formula is C15H30N2. The van der Waals surface area contributed by atoms with E-state index in [1.165, 1.54) is 58.2 Å².